The van der Waals surface area contributed by atoms with E-state index < -0.39 is 11.0 Å². The smallest absolute Gasteiger partial charge is 0.413 e. The maximum absolute atomic E-state index is 12.1. The molecule has 10 heteroatoms. The Bertz CT molecular complexity index is 831. The highest BCUT2D eigenvalue weighted by atomic mass is 16.6. The van der Waals surface area contributed by atoms with E-state index >= 15 is 0 Å². The second-order valence-corrected chi connectivity index (χ2v) is 5.70. The van der Waals surface area contributed by atoms with E-state index in [1.807, 2.05) is 0 Å². The van der Waals surface area contributed by atoms with Gasteiger partial charge in [-0.1, -0.05) is 0 Å². The molecule has 0 fully saturated rings. The van der Waals surface area contributed by atoms with Gasteiger partial charge in [-0.05, 0) is 41.1 Å². The molecule has 0 saturated carbocycles. The number of rotatable bonds is 7. The molecule has 0 unspecified atom stereocenters. The fraction of sp³-hybridized carbons (Fsp3) is 0.353. The van der Waals surface area contributed by atoms with Gasteiger partial charge in [-0.3, -0.25) is 9.69 Å². The maximum atomic E-state index is 12.1. The Morgan fingerprint density at radius 3 is 2.56 bits per heavy atom. The molecule has 0 aliphatic rings. The number of anilines is 2. The molecule has 2 aromatic rings. The zero-order valence-electron chi connectivity index (χ0n) is 15.3. The highest BCUT2D eigenvalue weighted by Gasteiger charge is 2.16. The molecule has 144 valence electrons. The lowest BCUT2D eigenvalue weighted by molar-refractivity contribution is -0.389. The zero-order valence-corrected chi connectivity index (χ0v) is 15.3. The van der Waals surface area contributed by atoms with Crippen molar-refractivity contribution < 1.29 is 19.2 Å². The number of nitrogens with zero attached hydrogens (tertiary/aromatic N) is 4. The fourth-order valence-electron chi connectivity index (χ4n) is 2.35. The normalized spacial score (nSPS) is 10.3. The van der Waals surface area contributed by atoms with Crippen LogP contribution in [0, 0.1) is 17.0 Å². The number of imidazole rings is 1. The van der Waals surface area contributed by atoms with E-state index in [0.717, 1.165) is 0 Å². The Hall–Kier alpha value is -3.43. The van der Waals surface area contributed by atoms with Crippen LogP contribution in [0.2, 0.25) is 0 Å². The number of carbonyl (C=O) groups excluding carboxylic acids is 2. The summed E-state index contributed by atoms with van der Waals surface area (Å²) in [5, 5.41) is 13.5. The third-order valence-electron chi connectivity index (χ3n) is 3.81. The lowest BCUT2D eigenvalue weighted by atomic mass is 10.2. The van der Waals surface area contributed by atoms with Crippen LogP contribution in [0.3, 0.4) is 0 Å². The van der Waals surface area contributed by atoms with Gasteiger partial charge >= 0.3 is 11.9 Å². The van der Waals surface area contributed by atoms with Gasteiger partial charge in [-0.25, -0.2) is 4.79 Å². The van der Waals surface area contributed by atoms with Crippen molar-refractivity contribution in [2.75, 3.05) is 23.9 Å². The second kappa shape index (κ2) is 8.79. The molecular weight excluding hydrogens is 354 g/mol. The van der Waals surface area contributed by atoms with Crippen LogP contribution in [0.25, 0.3) is 0 Å². The summed E-state index contributed by atoms with van der Waals surface area (Å²) in [5.41, 5.74) is 1.21. The van der Waals surface area contributed by atoms with E-state index in [0.29, 0.717) is 17.2 Å². The molecule has 10 nitrogen and oxygen atoms in total. The van der Waals surface area contributed by atoms with Crippen molar-refractivity contribution in [3.05, 3.63) is 46.4 Å². The Morgan fingerprint density at radius 1 is 1.33 bits per heavy atom. The van der Waals surface area contributed by atoms with Gasteiger partial charge in [0.1, 0.15) is 6.20 Å². The van der Waals surface area contributed by atoms with Crippen LogP contribution >= 0.6 is 0 Å². The quantitative estimate of drug-likeness (QED) is 0.587. The van der Waals surface area contributed by atoms with Crippen molar-refractivity contribution in [2.24, 2.45) is 0 Å². The van der Waals surface area contributed by atoms with Gasteiger partial charge in [0.05, 0.1) is 6.61 Å². The number of aryl methyl sites for hydroxylation is 2. The van der Waals surface area contributed by atoms with Crippen LogP contribution in [0.5, 0.6) is 0 Å². The molecule has 0 saturated heterocycles. The first-order chi connectivity index (χ1) is 12.8. The Labute approximate surface area is 155 Å². The van der Waals surface area contributed by atoms with Crippen LogP contribution < -0.4 is 10.2 Å². The lowest BCUT2D eigenvalue weighted by Crippen LogP contribution is -2.26. The molecule has 0 radical (unpaired) electrons. The van der Waals surface area contributed by atoms with Gasteiger partial charge in [-0.15, -0.1) is 0 Å². The summed E-state index contributed by atoms with van der Waals surface area (Å²) in [6.07, 6.45) is 0.987. The first-order valence-electron chi connectivity index (χ1n) is 8.30. The van der Waals surface area contributed by atoms with Gasteiger partial charge in [-0.2, -0.15) is 0 Å². The number of hydrogen-bond acceptors (Lipinski definition) is 6. The number of aromatic nitrogens is 2. The van der Waals surface area contributed by atoms with Gasteiger partial charge in [0.2, 0.25) is 11.7 Å². The van der Waals surface area contributed by atoms with Crippen molar-refractivity contribution in [1.29, 1.82) is 0 Å². The van der Waals surface area contributed by atoms with Crippen molar-refractivity contribution in [2.45, 2.75) is 26.8 Å². The SMILES string of the molecule is CCOC(=O)N(C)c1ccc(NC(=O)CCn2cc([N+](=O)[O-])nc2C)cc1. The van der Waals surface area contributed by atoms with Crippen LogP contribution in [0.4, 0.5) is 22.0 Å². The van der Waals surface area contributed by atoms with E-state index in [9.17, 15) is 19.7 Å². The number of hydrogen-bond donors (Lipinski definition) is 1. The van der Waals surface area contributed by atoms with Gasteiger partial charge < -0.3 is 24.7 Å². The zero-order chi connectivity index (χ0) is 20.0. The molecule has 0 bridgehead atoms. The van der Waals surface area contributed by atoms with Gasteiger partial charge in [0.15, 0.2) is 0 Å². The molecule has 0 aliphatic heterocycles. The minimum absolute atomic E-state index is 0.138. The molecule has 2 amide bonds. The number of nitrogens with one attached hydrogen (secondary N) is 1. The number of amides is 2. The van der Waals surface area contributed by atoms with Crippen molar-refractivity contribution >= 4 is 29.2 Å². The Kier molecular flexibility index (Phi) is 6.47. The number of nitro groups is 1. The summed E-state index contributed by atoms with van der Waals surface area (Å²) < 4.78 is 6.49. The monoisotopic (exact) mass is 375 g/mol. The van der Waals surface area contributed by atoms with Crippen molar-refractivity contribution in [3.8, 4) is 0 Å². The van der Waals surface area contributed by atoms with Crippen LogP contribution in [0.15, 0.2) is 30.5 Å². The van der Waals surface area contributed by atoms with E-state index in [4.69, 9.17) is 4.74 Å². The highest BCUT2D eigenvalue weighted by Crippen LogP contribution is 2.18. The van der Waals surface area contributed by atoms with Crippen LogP contribution in [-0.2, 0) is 16.1 Å². The predicted octanol–water partition coefficient (Wildman–Crippen LogP) is 2.72. The summed E-state index contributed by atoms with van der Waals surface area (Å²) in [5.74, 6) is -0.00711. The van der Waals surface area contributed by atoms with E-state index in [2.05, 4.69) is 10.3 Å². The van der Waals surface area contributed by atoms with Crippen LogP contribution in [0.1, 0.15) is 19.2 Å². The molecule has 1 aromatic carbocycles. The predicted molar refractivity (Wildman–Crippen MR) is 98.7 cm³/mol. The highest BCUT2D eigenvalue weighted by molar-refractivity contribution is 5.91. The summed E-state index contributed by atoms with van der Waals surface area (Å²) in [6.45, 7) is 3.94. The molecule has 27 heavy (non-hydrogen) atoms. The number of ether oxygens (including phenoxy) is 1. The first kappa shape index (κ1) is 19.9. The lowest BCUT2D eigenvalue weighted by Gasteiger charge is -2.17. The average Bonchev–Trinajstić information content (AvgIpc) is 3.01. The molecule has 0 atom stereocenters. The molecular formula is C17H21N5O5. The number of benzene rings is 1. The molecule has 1 heterocycles. The van der Waals surface area contributed by atoms with Gasteiger partial charge in [0.25, 0.3) is 0 Å². The van der Waals surface area contributed by atoms with E-state index in [-0.39, 0.29) is 31.3 Å². The van der Waals surface area contributed by atoms with Crippen molar-refractivity contribution in [1.82, 2.24) is 9.55 Å². The second-order valence-electron chi connectivity index (χ2n) is 5.70. The topological polar surface area (TPSA) is 120 Å². The number of carbonyl (C=O) groups is 2. The maximum Gasteiger partial charge on any atom is 0.413 e. The summed E-state index contributed by atoms with van der Waals surface area (Å²) in [7, 11) is 1.60. The van der Waals surface area contributed by atoms with E-state index in [1.54, 1.807) is 49.7 Å². The summed E-state index contributed by atoms with van der Waals surface area (Å²) in [6, 6.07) is 6.73. The first-order valence-corrected chi connectivity index (χ1v) is 8.30. The molecule has 0 aliphatic carbocycles. The average molecular weight is 375 g/mol. The fourth-order valence-corrected chi connectivity index (χ4v) is 2.35. The Balaban J connectivity index is 1.90. The standard InChI is InChI=1S/C17H21N5O5/c1-4-27-17(24)20(3)14-7-5-13(6-8-14)19-16(23)9-10-21-11-15(22(25)26)18-12(21)2/h5-8,11H,4,9-10H2,1-3H3,(H,19,23). The van der Waals surface area contributed by atoms with E-state index in [1.165, 1.54) is 11.1 Å². The third kappa shape index (κ3) is 5.27. The summed E-state index contributed by atoms with van der Waals surface area (Å²) in [4.78, 5) is 39.1. The Morgan fingerprint density at radius 2 is 2.00 bits per heavy atom. The third-order valence-corrected chi connectivity index (χ3v) is 3.81. The van der Waals surface area contributed by atoms with Gasteiger partial charge in [0, 0.05) is 38.3 Å². The molecule has 1 N–H and O–H groups in total. The minimum Gasteiger partial charge on any atom is -0.449 e. The molecule has 2 rings (SSSR count). The largest absolute Gasteiger partial charge is 0.449 e. The molecule has 0 spiro atoms. The van der Waals surface area contributed by atoms with Crippen LogP contribution in [-0.4, -0.2) is 40.1 Å². The minimum atomic E-state index is -0.571. The molecule has 1 aromatic heterocycles. The van der Waals surface area contributed by atoms with Crippen molar-refractivity contribution in [3.63, 3.8) is 0 Å². The summed E-state index contributed by atoms with van der Waals surface area (Å²) >= 11 is 0.